The van der Waals surface area contributed by atoms with Crippen molar-refractivity contribution in [3.8, 4) is 0 Å². The number of H-pyrrole nitrogens is 1. The first-order valence-electron chi connectivity index (χ1n) is 6.09. The van der Waals surface area contributed by atoms with Crippen LogP contribution < -0.4 is 0 Å². The predicted molar refractivity (Wildman–Crippen MR) is 73.3 cm³/mol. The lowest BCUT2D eigenvalue weighted by atomic mass is 10.1. The molecule has 1 heterocycles. The Morgan fingerprint density at radius 3 is 3.00 bits per heavy atom. The number of carbonyl (C=O) groups excluding carboxylic acids is 1. The Kier molecular flexibility index (Phi) is 4.26. The van der Waals surface area contributed by atoms with Crippen molar-refractivity contribution in [3.63, 3.8) is 0 Å². The standard InChI is InChI=1S/C14H16ClNO2/c1-2-18-14(17)10-5-6-12-11(4-3-7-15)9-16-13(12)8-10/h5-6,8-9,16H,2-4,7H2,1H3. The molecule has 0 radical (unpaired) electrons. The number of aromatic amines is 1. The summed E-state index contributed by atoms with van der Waals surface area (Å²) in [5, 5.41) is 1.15. The number of fused-ring (bicyclic) bond motifs is 1. The Morgan fingerprint density at radius 1 is 1.44 bits per heavy atom. The van der Waals surface area contributed by atoms with Crippen molar-refractivity contribution in [1.29, 1.82) is 0 Å². The third kappa shape index (κ3) is 2.67. The van der Waals surface area contributed by atoms with Crippen molar-refractivity contribution in [3.05, 3.63) is 35.5 Å². The highest BCUT2D eigenvalue weighted by atomic mass is 35.5. The van der Waals surface area contributed by atoms with E-state index < -0.39 is 0 Å². The molecule has 1 aromatic heterocycles. The molecule has 3 nitrogen and oxygen atoms in total. The van der Waals surface area contributed by atoms with E-state index in [2.05, 4.69) is 4.98 Å². The number of esters is 1. The Hall–Kier alpha value is -1.48. The highest BCUT2D eigenvalue weighted by molar-refractivity contribution is 6.17. The number of hydrogen-bond acceptors (Lipinski definition) is 2. The van der Waals surface area contributed by atoms with Gasteiger partial charge in [0, 0.05) is 23.0 Å². The van der Waals surface area contributed by atoms with E-state index in [0.717, 1.165) is 23.7 Å². The molecule has 18 heavy (non-hydrogen) atoms. The SMILES string of the molecule is CCOC(=O)c1ccc2c(CCCCl)c[nH]c2c1. The van der Waals surface area contributed by atoms with Crippen LogP contribution in [0, 0.1) is 0 Å². The zero-order chi connectivity index (χ0) is 13.0. The van der Waals surface area contributed by atoms with Crippen molar-refractivity contribution >= 4 is 28.5 Å². The molecule has 2 rings (SSSR count). The van der Waals surface area contributed by atoms with Gasteiger partial charge in [-0.15, -0.1) is 11.6 Å². The fourth-order valence-corrected chi connectivity index (χ4v) is 2.13. The van der Waals surface area contributed by atoms with Crippen molar-refractivity contribution in [1.82, 2.24) is 4.98 Å². The van der Waals surface area contributed by atoms with Gasteiger partial charge in [-0.2, -0.15) is 0 Å². The molecular weight excluding hydrogens is 250 g/mol. The largest absolute Gasteiger partial charge is 0.462 e. The van der Waals surface area contributed by atoms with Crippen molar-refractivity contribution in [2.75, 3.05) is 12.5 Å². The Balaban J connectivity index is 2.27. The summed E-state index contributed by atoms with van der Waals surface area (Å²) in [4.78, 5) is 14.8. The molecule has 0 amide bonds. The summed E-state index contributed by atoms with van der Waals surface area (Å²) in [6.45, 7) is 2.19. The minimum absolute atomic E-state index is 0.281. The zero-order valence-corrected chi connectivity index (χ0v) is 11.1. The lowest BCUT2D eigenvalue weighted by molar-refractivity contribution is 0.0526. The van der Waals surface area contributed by atoms with Gasteiger partial charge in [0.2, 0.25) is 0 Å². The topological polar surface area (TPSA) is 42.1 Å². The average Bonchev–Trinajstić information content (AvgIpc) is 2.79. The molecule has 1 N–H and O–H groups in total. The second kappa shape index (κ2) is 5.91. The number of rotatable bonds is 5. The summed E-state index contributed by atoms with van der Waals surface area (Å²) in [5.41, 5.74) is 2.78. The molecule has 2 aromatic rings. The highest BCUT2D eigenvalue weighted by Crippen LogP contribution is 2.21. The summed E-state index contributed by atoms with van der Waals surface area (Å²) < 4.78 is 4.98. The van der Waals surface area contributed by atoms with E-state index >= 15 is 0 Å². The van der Waals surface area contributed by atoms with Crippen LogP contribution in [0.25, 0.3) is 10.9 Å². The summed E-state index contributed by atoms with van der Waals surface area (Å²) in [6, 6.07) is 5.59. The van der Waals surface area contributed by atoms with Gasteiger partial charge in [-0.05, 0) is 37.5 Å². The Labute approximate surface area is 111 Å². The average molecular weight is 266 g/mol. The minimum Gasteiger partial charge on any atom is -0.462 e. The molecule has 0 bridgehead atoms. The van der Waals surface area contributed by atoms with Gasteiger partial charge >= 0.3 is 5.97 Å². The third-order valence-corrected chi connectivity index (χ3v) is 3.13. The summed E-state index contributed by atoms with van der Waals surface area (Å²) in [7, 11) is 0. The van der Waals surface area contributed by atoms with Crippen LogP contribution in [-0.4, -0.2) is 23.4 Å². The van der Waals surface area contributed by atoms with Gasteiger partial charge in [0.1, 0.15) is 0 Å². The Morgan fingerprint density at radius 2 is 2.28 bits per heavy atom. The molecule has 0 unspecified atom stereocenters. The maximum absolute atomic E-state index is 11.6. The van der Waals surface area contributed by atoms with E-state index in [-0.39, 0.29) is 5.97 Å². The summed E-state index contributed by atoms with van der Waals surface area (Å²) >= 11 is 5.70. The lowest BCUT2D eigenvalue weighted by Crippen LogP contribution is -2.04. The van der Waals surface area contributed by atoms with Crippen LogP contribution in [0.5, 0.6) is 0 Å². The van der Waals surface area contributed by atoms with Crippen molar-refractivity contribution in [2.45, 2.75) is 19.8 Å². The number of aryl methyl sites for hydroxylation is 1. The van der Waals surface area contributed by atoms with Crippen LogP contribution in [0.3, 0.4) is 0 Å². The van der Waals surface area contributed by atoms with Gasteiger partial charge in [0.25, 0.3) is 0 Å². The van der Waals surface area contributed by atoms with Crippen LogP contribution in [0.1, 0.15) is 29.3 Å². The van der Waals surface area contributed by atoms with Gasteiger partial charge in [0.15, 0.2) is 0 Å². The number of benzene rings is 1. The predicted octanol–water partition coefficient (Wildman–Crippen LogP) is 3.52. The number of carbonyl (C=O) groups is 1. The van der Waals surface area contributed by atoms with E-state index in [1.165, 1.54) is 5.56 Å². The zero-order valence-electron chi connectivity index (χ0n) is 10.3. The fraction of sp³-hybridized carbons (Fsp3) is 0.357. The van der Waals surface area contributed by atoms with Crippen LogP contribution in [0.15, 0.2) is 24.4 Å². The van der Waals surface area contributed by atoms with Gasteiger partial charge in [-0.1, -0.05) is 6.07 Å². The number of ether oxygens (including phenoxy) is 1. The van der Waals surface area contributed by atoms with Crippen LogP contribution in [0.2, 0.25) is 0 Å². The minimum atomic E-state index is -0.281. The first kappa shape index (κ1) is 13.0. The fourth-order valence-electron chi connectivity index (χ4n) is 1.99. The maximum atomic E-state index is 11.6. The first-order chi connectivity index (χ1) is 8.76. The first-order valence-corrected chi connectivity index (χ1v) is 6.62. The molecule has 0 saturated carbocycles. The van der Waals surface area contributed by atoms with E-state index in [1.54, 1.807) is 13.0 Å². The molecule has 1 aromatic carbocycles. The number of aromatic nitrogens is 1. The van der Waals surface area contributed by atoms with Crippen LogP contribution >= 0.6 is 11.6 Å². The normalized spacial score (nSPS) is 10.8. The quantitative estimate of drug-likeness (QED) is 0.664. The number of hydrogen-bond donors (Lipinski definition) is 1. The van der Waals surface area contributed by atoms with Crippen molar-refractivity contribution in [2.24, 2.45) is 0 Å². The molecule has 96 valence electrons. The molecular formula is C14H16ClNO2. The number of nitrogens with one attached hydrogen (secondary N) is 1. The molecule has 0 atom stereocenters. The molecule has 0 aliphatic heterocycles. The molecule has 4 heteroatoms. The smallest absolute Gasteiger partial charge is 0.338 e. The van der Waals surface area contributed by atoms with Gasteiger partial charge < -0.3 is 9.72 Å². The molecule has 0 fully saturated rings. The molecule has 0 aliphatic rings. The van der Waals surface area contributed by atoms with E-state index in [4.69, 9.17) is 16.3 Å². The lowest BCUT2D eigenvalue weighted by Gasteiger charge is -2.02. The highest BCUT2D eigenvalue weighted by Gasteiger charge is 2.09. The maximum Gasteiger partial charge on any atom is 0.338 e. The number of halogens is 1. The van der Waals surface area contributed by atoms with Gasteiger partial charge in [0.05, 0.1) is 12.2 Å². The second-order valence-electron chi connectivity index (χ2n) is 4.09. The molecule has 0 spiro atoms. The molecule has 0 saturated heterocycles. The monoisotopic (exact) mass is 265 g/mol. The van der Waals surface area contributed by atoms with E-state index in [1.807, 2.05) is 18.3 Å². The summed E-state index contributed by atoms with van der Waals surface area (Å²) in [6.07, 6.45) is 3.88. The number of alkyl halides is 1. The third-order valence-electron chi connectivity index (χ3n) is 2.86. The van der Waals surface area contributed by atoms with Crippen LogP contribution in [-0.2, 0) is 11.2 Å². The Bertz CT molecular complexity index is 548. The molecule has 0 aliphatic carbocycles. The van der Waals surface area contributed by atoms with Gasteiger partial charge in [-0.3, -0.25) is 0 Å². The second-order valence-corrected chi connectivity index (χ2v) is 4.47. The summed E-state index contributed by atoms with van der Waals surface area (Å²) in [5.74, 6) is 0.379. The van der Waals surface area contributed by atoms with Gasteiger partial charge in [-0.25, -0.2) is 4.79 Å². The van der Waals surface area contributed by atoms with E-state index in [9.17, 15) is 4.79 Å². The van der Waals surface area contributed by atoms with E-state index in [0.29, 0.717) is 18.1 Å². The van der Waals surface area contributed by atoms with Crippen molar-refractivity contribution < 1.29 is 9.53 Å². The van der Waals surface area contributed by atoms with Crippen LogP contribution in [0.4, 0.5) is 0 Å².